The Kier molecular flexibility index (Phi) is 4.47. The first-order chi connectivity index (χ1) is 6.80. The van der Waals surface area contributed by atoms with Crippen LogP contribution in [0, 0.1) is 17.2 Å². The summed E-state index contributed by atoms with van der Waals surface area (Å²) < 4.78 is 1.72. The molecule has 76 valence electrons. The molecule has 5 heteroatoms. The molecule has 1 heterocycles. The second-order valence-electron chi connectivity index (χ2n) is 3.24. The summed E-state index contributed by atoms with van der Waals surface area (Å²) in [6.07, 6.45) is 3.88. The van der Waals surface area contributed by atoms with Crippen LogP contribution in [0.2, 0.25) is 0 Å². The van der Waals surface area contributed by atoms with E-state index in [1.54, 1.807) is 11.0 Å². The van der Waals surface area contributed by atoms with E-state index in [4.69, 9.17) is 5.26 Å². The molecule has 0 amide bonds. The van der Waals surface area contributed by atoms with Crippen molar-refractivity contribution in [2.24, 2.45) is 5.92 Å². The number of aromatic nitrogens is 3. The highest BCUT2D eigenvalue weighted by atomic mass is 32.1. The van der Waals surface area contributed by atoms with Crippen LogP contribution in [0.4, 0.5) is 0 Å². The van der Waals surface area contributed by atoms with E-state index in [9.17, 15) is 0 Å². The Morgan fingerprint density at radius 2 is 2.50 bits per heavy atom. The fourth-order valence-electron chi connectivity index (χ4n) is 1.35. The first-order valence-electron chi connectivity index (χ1n) is 4.70. The predicted octanol–water partition coefficient (Wildman–Crippen LogP) is 1.50. The minimum absolute atomic E-state index is 0.236. The molecule has 14 heavy (non-hydrogen) atoms. The molecule has 1 atom stereocenters. The summed E-state index contributed by atoms with van der Waals surface area (Å²) in [7, 11) is 0. The van der Waals surface area contributed by atoms with Crippen LogP contribution in [0.25, 0.3) is 0 Å². The Labute approximate surface area is 89.4 Å². The van der Waals surface area contributed by atoms with Crippen LogP contribution in [0.3, 0.4) is 0 Å². The smallest absolute Gasteiger partial charge is 0.251 e. The minimum atomic E-state index is 0.236. The third kappa shape index (κ3) is 3.04. The number of hydrogen-bond donors (Lipinski definition) is 1. The third-order valence-corrected chi connectivity index (χ3v) is 2.55. The van der Waals surface area contributed by atoms with Gasteiger partial charge in [-0.05, 0) is 18.1 Å². The highest BCUT2D eigenvalue weighted by Crippen LogP contribution is 2.10. The normalized spacial score (nSPS) is 12.4. The number of rotatable bonds is 5. The second kappa shape index (κ2) is 5.66. The quantitative estimate of drug-likeness (QED) is 0.749. The summed E-state index contributed by atoms with van der Waals surface area (Å²) in [5.41, 5.74) is 0. The zero-order valence-corrected chi connectivity index (χ0v) is 9.11. The lowest BCUT2D eigenvalue weighted by molar-refractivity contribution is 0.426. The molecular formula is C9H14N4S. The van der Waals surface area contributed by atoms with Crippen molar-refractivity contribution in [2.45, 2.75) is 26.3 Å². The maximum absolute atomic E-state index is 8.54. The Hall–Kier alpha value is -1.02. The van der Waals surface area contributed by atoms with Gasteiger partial charge in [0, 0.05) is 6.54 Å². The predicted molar refractivity (Wildman–Crippen MR) is 57.0 cm³/mol. The Morgan fingerprint density at radius 3 is 3.00 bits per heavy atom. The summed E-state index contributed by atoms with van der Waals surface area (Å²) in [5.74, 6) is 1.59. The number of nitriles is 1. The van der Waals surface area contributed by atoms with Gasteiger partial charge in [-0.3, -0.25) is 4.68 Å². The Balaban J connectivity index is 2.54. The molecule has 0 fully saturated rings. The van der Waals surface area contributed by atoms with E-state index in [1.807, 2.05) is 6.07 Å². The van der Waals surface area contributed by atoms with Crippen LogP contribution < -0.4 is 0 Å². The van der Waals surface area contributed by atoms with Gasteiger partial charge in [-0.2, -0.15) is 17.9 Å². The van der Waals surface area contributed by atoms with Crippen molar-refractivity contribution in [3.63, 3.8) is 0 Å². The zero-order valence-electron chi connectivity index (χ0n) is 8.22. The maximum atomic E-state index is 8.54. The summed E-state index contributed by atoms with van der Waals surface area (Å²) >= 11 is 4.28. The monoisotopic (exact) mass is 210 g/mol. The summed E-state index contributed by atoms with van der Waals surface area (Å²) in [5, 5.41) is 12.6. The maximum Gasteiger partial charge on any atom is 0.252 e. The first-order valence-corrected chi connectivity index (χ1v) is 5.33. The highest BCUT2D eigenvalue weighted by molar-refractivity contribution is 7.80. The standard InChI is InChI=1S/C9H14N4S/c1-2-3-8(6-14)5-13-7-11-9(4-10)12-13/h7-8,14H,2-3,5-6H2,1H3. The van der Waals surface area contributed by atoms with Crippen LogP contribution in [0.5, 0.6) is 0 Å². The van der Waals surface area contributed by atoms with Crippen LogP contribution >= 0.6 is 12.6 Å². The molecule has 4 nitrogen and oxygen atoms in total. The molecule has 0 aliphatic carbocycles. The van der Waals surface area contributed by atoms with Crippen LogP contribution in [-0.4, -0.2) is 20.5 Å². The Bertz CT molecular complexity index is 315. The molecule has 1 rings (SSSR count). The van der Waals surface area contributed by atoms with Gasteiger partial charge in [0.15, 0.2) is 0 Å². The lowest BCUT2D eigenvalue weighted by atomic mass is 10.1. The highest BCUT2D eigenvalue weighted by Gasteiger charge is 2.08. The third-order valence-electron chi connectivity index (χ3n) is 2.04. The van der Waals surface area contributed by atoms with Gasteiger partial charge in [-0.1, -0.05) is 13.3 Å². The van der Waals surface area contributed by atoms with Crippen molar-refractivity contribution < 1.29 is 0 Å². The molecule has 1 aromatic heterocycles. The molecule has 0 aliphatic rings. The lowest BCUT2D eigenvalue weighted by Gasteiger charge is -2.11. The zero-order chi connectivity index (χ0) is 10.4. The van der Waals surface area contributed by atoms with E-state index in [2.05, 4.69) is 29.6 Å². The van der Waals surface area contributed by atoms with Gasteiger partial charge in [0.1, 0.15) is 12.4 Å². The van der Waals surface area contributed by atoms with Crippen LogP contribution in [0.1, 0.15) is 25.6 Å². The molecule has 0 saturated carbocycles. The van der Waals surface area contributed by atoms with E-state index >= 15 is 0 Å². The van der Waals surface area contributed by atoms with E-state index in [0.29, 0.717) is 5.92 Å². The number of nitrogens with zero attached hydrogens (tertiary/aromatic N) is 4. The van der Waals surface area contributed by atoms with Crippen LogP contribution in [-0.2, 0) is 6.54 Å². The molecule has 0 aliphatic heterocycles. The van der Waals surface area contributed by atoms with Gasteiger partial charge in [-0.25, -0.2) is 4.98 Å². The first kappa shape index (κ1) is 11.1. The fourth-order valence-corrected chi connectivity index (χ4v) is 1.64. The molecule has 0 bridgehead atoms. The van der Waals surface area contributed by atoms with Crippen molar-refractivity contribution in [3.8, 4) is 6.07 Å². The molecule has 1 unspecified atom stereocenters. The van der Waals surface area contributed by atoms with E-state index in [-0.39, 0.29) is 5.82 Å². The van der Waals surface area contributed by atoms with Gasteiger partial charge < -0.3 is 0 Å². The topological polar surface area (TPSA) is 54.5 Å². The van der Waals surface area contributed by atoms with Crippen molar-refractivity contribution >= 4 is 12.6 Å². The minimum Gasteiger partial charge on any atom is -0.251 e. The fraction of sp³-hybridized carbons (Fsp3) is 0.667. The van der Waals surface area contributed by atoms with Gasteiger partial charge >= 0.3 is 0 Å². The summed E-state index contributed by atoms with van der Waals surface area (Å²) in [6, 6.07) is 1.91. The molecule has 0 saturated heterocycles. The Morgan fingerprint density at radius 1 is 1.71 bits per heavy atom. The SMILES string of the molecule is CCCC(CS)Cn1cnc(C#N)n1. The van der Waals surface area contributed by atoms with E-state index < -0.39 is 0 Å². The average Bonchev–Trinajstić information content (AvgIpc) is 2.65. The van der Waals surface area contributed by atoms with Crippen LogP contribution in [0.15, 0.2) is 6.33 Å². The van der Waals surface area contributed by atoms with E-state index in [0.717, 1.165) is 25.1 Å². The van der Waals surface area contributed by atoms with Gasteiger partial charge in [-0.15, -0.1) is 5.10 Å². The molecule has 1 aromatic rings. The number of thiol groups is 1. The lowest BCUT2D eigenvalue weighted by Crippen LogP contribution is -2.12. The average molecular weight is 210 g/mol. The van der Waals surface area contributed by atoms with Gasteiger partial charge in [0.05, 0.1) is 0 Å². The molecule has 0 radical (unpaired) electrons. The van der Waals surface area contributed by atoms with Crippen molar-refractivity contribution in [2.75, 3.05) is 5.75 Å². The van der Waals surface area contributed by atoms with Crippen molar-refractivity contribution in [3.05, 3.63) is 12.2 Å². The molecule has 0 spiro atoms. The molecule has 0 N–H and O–H groups in total. The largest absolute Gasteiger partial charge is 0.252 e. The van der Waals surface area contributed by atoms with Gasteiger partial charge in [0.25, 0.3) is 5.82 Å². The molecule has 0 aromatic carbocycles. The number of hydrogen-bond acceptors (Lipinski definition) is 4. The van der Waals surface area contributed by atoms with Crippen molar-refractivity contribution in [1.29, 1.82) is 5.26 Å². The summed E-state index contributed by atoms with van der Waals surface area (Å²) in [6.45, 7) is 2.95. The molecular weight excluding hydrogens is 196 g/mol. The van der Waals surface area contributed by atoms with E-state index in [1.165, 1.54) is 0 Å². The van der Waals surface area contributed by atoms with Gasteiger partial charge in [0.2, 0.25) is 0 Å². The second-order valence-corrected chi connectivity index (χ2v) is 3.60. The van der Waals surface area contributed by atoms with Crippen molar-refractivity contribution in [1.82, 2.24) is 14.8 Å². The summed E-state index contributed by atoms with van der Waals surface area (Å²) in [4.78, 5) is 3.85.